The molecule has 3 N–H and O–H groups in total. The van der Waals surface area contributed by atoms with Crippen LogP contribution in [0.25, 0.3) is 0 Å². The van der Waals surface area contributed by atoms with E-state index in [4.69, 9.17) is 37.9 Å². The van der Waals surface area contributed by atoms with E-state index in [1.165, 1.54) is 59.0 Å². The van der Waals surface area contributed by atoms with Gasteiger partial charge in [-0.25, -0.2) is 4.79 Å². The summed E-state index contributed by atoms with van der Waals surface area (Å²) in [4.78, 5) is 65.1. The molecule has 3 rings (SSSR count). The van der Waals surface area contributed by atoms with E-state index < -0.39 is 102 Å². The Morgan fingerprint density at radius 1 is 0.892 bits per heavy atom. The molecule has 16 nitrogen and oxygen atoms in total. The molecule has 2 fully saturated rings. The van der Waals surface area contributed by atoms with Crippen LogP contribution in [-0.2, 0) is 61.9 Å². The summed E-state index contributed by atoms with van der Waals surface area (Å²) in [5.41, 5.74) is -2.18. The molecule has 0 aromatic carbocycles. The van der Waals surface area contributed by atoms with Crippen molar-refractivity contribution in [2.45, 2.75) is 225 Å². The SMILES string of the molecule is CCCCCCCCCCCCCC(=O)OCC(C)(C)[C@@H]1C[C@@H]2CCO[C@H](C=CC(C)(C)[C@]3(O)OC(CC(=CC(=O)OC)[C@@H]3OC(=O)CC)C[C@H]([C@@H](C)O)OC(=O)C[C@H](O)CC(=O)O1)O2. The Morgan fingerprint density at radius 3 is 2.11 bits per heavy atom. The molecule has 0 aromatic heterocycles. The van der Waals surface area contributed by atoms with E-state index in [0.717, 1.165) is 25.3 Å². The minimum atomic E-state index is -2.36. The van der Waals surface area contributed by atoms with E-state index in [-0.39, 0.29) is 56.9 Å². The molecule has 372 valence electrons. The summed E-state index contributed by atoms with van der Waals surface area (Å²) >= 11 is 0. The van der Waals surface area contributed by atoms with Crippen LogP contribution >= 0.6 is 0 Å². The molecular formula is C49H80O16. The number of carbonyl (C=O) groups is 5. The molecule has 4 bridgehead atoms. The lowest BCUT2D eigenvalue weighted by Crippen LogP contribution is -2.62. The lowest BCUT2D eigenvalue weighted by molar-refractivity contribution is -0.327. The van der Waals surface area contributed by atoms with Crippen LogP contribution in [0.15, 0.2) is 23.8 Å². The highest BCUT2D eigenvalue weighted by Crippen LogP contribution is 2.47. The fourth-order valence-electron chi connectivity index (χ4n) is 8.25. The van der Waals surface area contributed by atoms with Crippen molar-refractivity contribution in [3.63, 3.8) is 0 Å². The lowest BCUT2D eigenvalue weighted by atomic mass is 9.74. The topological polar surface area (TPSA) is 220 Å². The first-order valence-corrected chi connectivity index (χ1v) is 24.0. The second kappa shape index (κ2) is 27.4. The minimum Gasteiger partial charge on any atom is -0.466 e. The van der Waals surface area contributed by atoms with Crippen LogP contribution in [0.5, 0.6) is 0 Å². The Hall–Kier alpha value is -3.41. The second-order valence-corrected chi connectivity index (χ2v) is 19.2. The highest BCUT2D eigenvalue weighted by Gasteiger charge is 2.57. The summed E-state index contributed by atoms with van der Waals surface area (Å²) in [5.74, 6) is -5.88. The molecular weight excluding hydrogens is 845 g/mol. The van der Waals surface area contributed by atoms with Gasteiger partial charge in [0.15, 0.2) is 12.4 Å². The van der Waals surface area contributed by atoms with Crippen LogP contribution < -0.4 is 0 Å². The van der Waals surface area contributed by atoms with Crippen molar-refractivity contribution in [2.24, 2.45) is 10.8 Å². The maximum Gasteiger partial charge on any atom is 0.330 e. The van der Waals surface area contributed by atoms with Crippen LogP contribution in [0.4, 0.5) is 0 Å². The maximum absolute atomic E-state index is 13.4. The molecule has 1 unspecified atom stereocenters. The molecule has 3 aliphatic rings. The molecule has 0 spiro atoms. The predicted molar refractivity (Wildman–Crippen MR) is 239 cm³/mol. The number of aliphatic hydroxyl groups excluding tert-OH is 2. The smallest absolute Gasteiger partial charge is 0.330 e. The van der Waals surface area contributed by atoms with Crippen molar-refractivity contribution in [2.75, 3.05) is 20.3 Å². The Labute approximate surface area is 386 Å². The zero-order valence-corrected chi connectivity index (χ0v) is 40.3. The Kier molecular flexibility index (Phi) is 23.6. The van der Waals surface area contributed by atoms with Crippen LogP contribution in [0.2, 0.25) is 0 Å². The van der Waals surface area contributed by atoms with Crippen molar-refractivity contribution >= 4 is 29.8 Å². The van der Waals surface area contributed by atoms with Gasteiger partial charge in [0.05, 0.1) is 57.6 Å². The van der Waals surface area contributed by atoms with Gasteiger partial charge < -0.3 is 53.2 Å². The van der Waals surface area contributed by atoms with Crippen LogP contribution in [-0.4, -0.2) is 120 Å². The van der Waals surface area contributed by atoms with E-state index >= 15 is 0 Å². The first-order chi connectivity index (χ1) is 30.7. The summed E-state index contributed by atoms with van der Waals surface area (Å²) in [7, 11) is 1.18. The first kappa shape index (κ1) is 55.9. The molecule has 0 aromatic rings. The summed E-state index contributed by atoms with van der Waals surface area (Å²) in [6, 6.07) is 0. The number of cyclic esters (lactones) is 2. The molecule has 2 saturated heterocycles. The van der Waals surface area contributed by atoms with Gasteiger partial charge >= 0.3 is 29.8 Å². The van der Waals surface area contributed by atoms with Crippen molar-refractivity contribution in [3.8, 4) is 0 Å². The molecule has 16 heteroatoms. The number of carbonyl (C=O) groups excluding carboxylic acids is 5. The number of aliphatic hydroxyl groups is 3. The summed E-state index contributed by atoms with van der Waals surface area (Å²) in [6.07, 6.45) is 7.44. The largest absolute Gasteiger partial charge is 0.466 e. The third-order valence-corrected chi connectivity index (χ3v) is 12.5. The molecule has 0 aliphatic carbocycles. The van der Waals surface area contributed by atoms with Gasteiger partial charge in [0.2, 0.25) is 5.79 Å². The fraction of sp³-hybridized carbons (Fsp3) is 0.816. The van der Waals surface area contributed by atoms with Crippen molar-refractivity contribution in [3.05, 3.63) is 23.8 Å². The van der Waals surface area contributed by atoms with Crippen LogP contribution in [0.1, 0.15) is 170 Å². The Morgan fingerprint density at radius 2 is 1.51 bits per heavy atom. The van der Waals surface area contributed by atoms with Gasteiger partial charge in [-0.1, -0.05) is 112 Å². The summed E-state index contributed by atoms with van der Waals surface area (Å²) < 4.78 is 46.7. The quantitative estimate of drug-likeness (QED) is 0.0390. The van der Waals surface area contributed by atoms with Gasteiger partial charge in [0.25, 0.3) is 0 Å². The first-order valence-electron chi connectivity index (χ1n) is 24.0. The maximum atomic E-state index is 13.4. The van der Waals surface area contributed by atoms with Crippen molar-refractivity contribution in [1.82, 2.24) is 0 Å². The van der Waals surface area contributed by atoms with Gasteiger partial charge in [-0.2, -0.15) is 0 Å². The highest BCUT2D eigenvalue weighted by atomic mass is 16.7. The zero-order valence-electron chi connectivity index (χ0n) is 40.3. The number of fused-ring (bicyclic) bond motifs is 4. The molecule has 0 saturated carbocycles. The number of rotatable bonds is 19. The Bertz CT molecular complexity index is 1570. The third-order valence-electron chi connectivity index (χ3n) is 12.5. The standard InChI is InChI=1S/C49H80O16/c1-9-11-12-13-14-15-16-17-18-19-20-21-41(53)60-32-47(4,5)39-31-36-23-25-59-45(61-36)22-24-48(6,7)49(57)46(64-40(52)10-2)34(27-42(54)58-8)26-37(65-49)30-38(33(3)50)62-43(55)28-35(51)29-44(56)63-39/h22,24,27,33,35-39,45-46,50-51,57H,9-21,23,25-26,28-32H2,1-8H3/t33-,35+,36+,37?,38-,39+,45+,46+,49-/m1/s1. The molecule has 3 heterocycles. The van der Waals surface area contributed by atoms with Gasteiger partial charge in [0.1, 0.15) is 12.2 Å². The minimum absolute atomic E-state index is 0.0518. The monoisotopic (exact) mass is 925 g/mol. The summed E-state index contributed by atoms with van der Waals surface area (Å²) in [5, 5.41) is 34.3. The normalized spacial score (nSPS) is 29.2. The van der Waals surface area contributed by atoms with E-state index in [9.17, 15) is 39.3 Å². The number of esters is 5. The molecule has 9 atom stereocenters. The van der Waals surface area contributed by atoms with Crippen LogP contribution in [0, 0.1) is 10.8 Å². The number of hydrogen-bond acceptors (Lipinski definition) is 16. The zero-order chi connectivity index (χ0) is 48.2. The molecule has 3 aliphatic heterocycles. The van der Waals surface area contributed by atoms with E-state index in [2.05, 4.69) is 6.92 Å². The molecule has 0 radical (unpaired) electrons. The second-order valence-electron chi connectivity index (χ2n) is 19.2. The number of methoxy groups -OCH3 is 1. The lowest BCUT2D eigenvalue weighted by Gasteiger charge is -2.51. The van der Waals surface area contributed by atoms with Gasteiger partial charge in [0, 0.05) is 42.6 Å². The van der Waals surface area contributed by atoms with Gasteiger partial charge in [-0.15, -0.1) is 0 Å². The number of ether oxygens (including phenoxy) is 8. The van der Waals surface area contributed by atoms with Crippen molar-refractivity contribution < 1.29 is 77.2 Å². The average Bonchev–Trinajstić information content (AvgIpc) is 3.24. The third kappa shape index (κ3) is 18.7. The van der Waals surface area contributed by atoms with E-state index in [1.54, 1.807) is 32.9 Å². The molecule has 65 heavy (non-hydrogen) atoms. The molecule has 0 amide bonds. The van der Waals surface area contributed by atoms with Gasteiger partial charge in [-0.05, 0) is 37.8 Å². The van der Waals surface area contributed by atoms with Crippen molar-refractivity contribution in [1.29, 1.82) is 0 Å². The number of unbranched alkanes of at least 4 members (excludes halogenated alkanes) is 10. The Balaban J connectivity index is 1.86. The van der Waals surface area contributed by atoms with E-state index in [0.29, 0.717) is 12.8 Å². The van der Waals surface area contributed by atoms with E-state index in [1.807, 2.05) is 13.8 Å². The van der Waals surface area contributed by atoms with Crippen LogP contribution in [0.3, 0.4) is 0 Å². The average molecular weight is 925 g/mol. The van der Waals surface area contributed by atoms with Gasteiger partial charge in [-0.3, -0.25) is 19.2 Å². The number of hydrogen-bond donors (Lipinski definition) is 3. The summed E-state index contributed by atoms with van der Waals surface area (Å²) in [6.45, 7) is 12.3. The fourth-order valence-corrected chi connectivity index (χ4v) is 8.25. The predicted octanol–water partition coefficient (Wildman–Crippen LogP) is 7.01. The highest BCUT2D eigenvalue weighted by molar-refractivity contribution is 5.83.